The molecule has 1 rings (SSSR count). The molecule has 0 saturated heterocycles. The van der Waals surface area contributed by atoms with E-state index in [0.717, 1.165) is 0 Å². The second-order valence-electron chi connectivity index (χ2n) is 2.46. The first kappa shape index (κ1) is 9.24. The zero-order chi connectivity index (χ0) is 9.84. The highest BCUT2D eigenvalue weighted by atomic mass is 16.6. The van der Waals surface area contributed by atoms with E-state index in [-0.39, 0.29) is 6.42 Å². The van der Waals surface area contributed by atoms with Crippen molar-refractivity contribution in [2.75, 3.05) is 0 Å². The molecular formula is C7H8N2O4. The number of furan rings is 1. The first-order valence-electron chi connectivity index (χ1n) is 3.54. The van der Waals surface area contributed by atoms with E-state index >= 15 is 0 Å². The predicted octanol–water partition coefficient (Wildman–Crippen LogP) is 1.19. The highest BCUT2D eigenvalue weighted by molar-refractivity contribution is 5.75. The van der Waals surface area contributed by atoms with Gasteiger partial charge in [-0.25, -0.2) is 0 Å². The van der Waals surface area contributed by atoms with Gasteiger partial charge in [-0.2, -0.15) is 0 Å². The Morgan fingerprint density at radius 3 is 2.85 bits per heavy atom. The van der Waals surface area contributed by atoms with Crippen molar-refractivity contribution < 1.29 is 14.5 Å². The lowest BCUT2D eigenvalue weighted by Crippen LogP contribution is -2.14. The van der Waals surface area contributed by atoms with Gasteiger partial charge in [0.1, 0.15) is 17.9 Å². The zero-order valence-electron chi connectivity index (χ0n) is 6.93. The Morgan fingerprint density at radius 1 is 1.77 bits per heavy atom. The molecule has 1 heterocycles. The van der Waals surface area contributed by atoms with Gasteiger partial charge in [0.2, 0.25) is 0 Å². The number of hydrogen-bond donors (Lipinski definition) is 1. The molecule has 0 aliphatic carbocycles. The minimum Gasteiger partial charge on any atom is -0.466 e. The van der Waals surface area contributed by atoms with Crippen LogP contribution < -0.4 is 0 Å². The minimum absolute atomic E-state index is 0.114. The lowest BCUT2D eigenvalue weighted by molar-refractivity contribution is -0.355. The summed E-state index contributed by atoms with van der Waals surface area (Å²) >= 11 is 0. The van der Waals surface area contributed by atoms with Crippen LogP contribution >= 0.6 is 0 Å². The molecule has 13 heavy (non-hydrogen) atoms. The quantitative estimate of drug-likeness (QED) is 0.246. The second-order valence-corrected chi connectivity index (χ2v) is 2.46. The number of amidine groups is 1. The summed E-state index contributed by atoms with van der Waals surface area (Å²) in [5, 5.41) is 21.0. The van der Waals surface area contributed by atoms with Crippen LogP contribution in [-0.4, -0.2) is 16.0 Å². The fourth-order valence-corrected chi connectivity index (χ4v) is 0.872. The molecule has 0 unspecified atom stereocenters. The highest BCUT2D eigenvalue weighted by Crippen LogP contribution is 2.07. The van der Waals surface area contributed by atoms with Gasteiger partial charge in [-0.05, 0) is 24.0 Å². The van der Waals surface area contributed by atoms with Gasteiger partial charge in [-0.1, -0.05) is 0 Å². The van der Waals surface area contributed by atoms with Gasteiger partial charge in [0.05, 0.1) is 0 Å². The van der Waals surface area contributed by atoms with Crippen molar-refractivity contribution >= 4 is 5.84 Å². The standard InChI is InChI=1S/C7H8N2O4/c1-5-2-3-6(13-5)4-7(8-10)9(11)12/h2-3,10H,4H2,1H3/b8-7+. The average Bonchev–Trinajstić information content (AvgIpc) is 2.46. The van der Waals surface area contributed by atoms with Crippen molar-refractivity contribution in [2.24, 2.45) is 5.16 Å². The van der Waals surface area contributed by atoms with E-state index in [1.54, 1.807) is 19.1 Å². The molecule has 0 aliphatic heterocycles. The molecule has 0 aliphatic rings. The topological polar surface area (TPSA) is 88.9 Å². The van der Waals surface area contributed by atoms with Crippen molar-refractivity contribution in [2.45, 2.75) is 13.3 Å². The lowest BCUT2D eigenvalue weighted by Gasteiger charge is -1.93. The van der Waals surface area contributed by atoms with Crippen LogP contribution in [0.1, 0.15) is 11.5 Å². The fourth-order valence-electron chi connectivity index (χ4n) is 0.872. The number of hydrogen-bond acceptors (Lipinski definition) is 5. The van der Waals surface area contributed by atoms with Crippen molar-refractivity contribution in [1.82, 2.24) is 0 Å². The second kappa shape index (κ2) is 3.70. The van der Waals surface area contributed by atoms with Crippen LogP contribution in [0, 0.1) is 17.0 Å². The third-order valence-electron chi connectivity index (χ3n) is 1.45. The van der Waals surface area contributed by atoms with Gasteiger partial charge in [-0.3, -0.25) is 0 Å². The van der Waals surface area contributed by atoms with E-state index in [2.05, 4.69) is 5.16 Å². The van der Waals surface area contributed by atoms with Crippen LogP contribution in [0.5, 0.6) is 0 Å². The average molecular weight is 184 g/mol. The van der Waals surface area contributed by atoms with Crippen molar-refractivity contribution in [3.63, 3.8) is 0 Å². The number of rotatable bonds is 2. The Labute approximate surface area is 73.6 Å². The molecule has 0 spiro atoms. The van der Waals surface area contributed by atoms with Crippen molar-refractivity contribution in [1.29, 1.82) is 0 Å². The molecule has 0 bridgehead atoms. The summed E-state index contributed by atoms with van der Waals surface area (Å²) in [6.07, 6.45) is -0.114. The summed E-state index contributed by atoms with van der Waals surface area (Å²) < 4.78 is 5.07. The van der Waals surface area contributed by atoms with Crippen LogP contribution in [0.4, 0.5) is 0 Å². The van der Waals surface area contributed by atoms with E-state index < -0.39 is 10.8 Å². The maximum Gasteiger partial charge on any atom is 0.392 e. The Hall–Kier alpha value is -1.85. The molecule has 0 fully saturated rings. The van der Waals surface area contributed by atoms with E-state index in [0.29, 0.717) is 11.5 Å². The summed E-state index contributed by atoms with van der Waals surface area (Å²) in [5.41, 5.74) is 0. The fraction of sp³-hybridized carbons (Fsp3) is 0.286. The Bertz CT molecular complexity index is 342. The molecule has 0 atom stereocenters. The molecule has 0 saturated carbocycles. The van der Waals surface area contributed by atoms with Gasteiger partial charge in [0.15, 0.2) is 5.16 Å². The Kier molecular flexibility index (Phi) is 2.63. The van der Waals surface area contributed by atoms with E-state index in [4.69, 9.17) is 9.62 Å². The van der Waals surface area contributed by atoms with Gasteiger partial charge in [0.25, 0.3) is 0 Å². The highest BCUT2D eigenvalue weighted by Gasteiger charge is 2.16. The lowest BCUT2D eigenvalue weighted by atomic mass is 10.3. The summed E-state index contributed by atoms with van der Waals surface area (Å²) in [6, 6.07) is 3.29. The van der Waals surface area contributed by atoms with Crippen LogP contribution in [0.15, 0.2) is 21.7 Å². The molecule has 0 aromatic carbocycles. The Morgan fingerprint density at radius 2 is 2.46 bits per heavy atom. The molecule has 6 heteroatoms. The van der Waals surface area contributed by atoms with Crippen LogP contribution in [0.3, 0.4) is 0 Å². The third-order valence-corrected chi connectivity index (χ3v) is 1.45. The maximum atomic E-state index is 10.2. The third kappa shape index (κ3) is 2.29. The molecule has 1 aromatic rings. The molecule has 0 amide bonds. The van der Waals surface area contributed by atoms with Gasteiger partial charge in [-0.15, -0.1) is 0 Å². The monoisotopic (exact) mass is 184 g/mol. The van der Waals surface area contributed by atoms with E-state index in [1.807, 2.05) is 0 Å². The van der Waals surface area contributed by atoms with Crippen LogP contribution in [0.2, 0.25) is 0 Å². The number of oxime groups is 1. The number of nitrogens with zero attached hydrogens (tertiary/aromatic N) is 2. The largest absolute Gasteiger partial charge is 0.466 e. The zero-order valence-corrected chi connectivity index (χ0v) is 6.93. The van der Waals surface area contributed by atoms with Crippen molar-refractivity contribution in [3.05, 3.63) is 33.8 Å². The molecule has 70 valence electrons. The summed E-state index contributed by atoms with van der Waals surface area (Å²) in [4.78, 5) is 9.46. The van der Waals surface area contributed by atoms with Crippen LogP contribution in [0.25, 0.3) is 0 Å². The normalized spacial score (nSPS) is 11.6. The number of aryl methyl sites for hydroxylation is 1. The molecule has 1 aromatic heterocycles. The molecule has 6 nitrogen and oxygen atoms in total. The summed E-state index contributed by atoms with van der Waals surface area (Å²) in [5.74, 6) is 0.534. The van der Waals surface area contributed by atoms with E-state index in [1.165, 1.54) is 0 Å². The maximum absolute atomic E-state index is 10.2. The SMILES string of the molecule is Cc1ccc(C/C(=N\O)[N+](=O)[O-])o1. The van der Waals surface area contributed by atoms with Gasteiger partial charge in [0, 0.05) is 0 Å². The minimum atomic E-state index is -0.752. The molecule has 1 N–H and O–H groups in total. The smallest absolute Gasteiger partial charge is 0.392 e. The molecular weight excluding hydrogens is 176 g/mol. The van der Waals surface area contributed by atoms with Gasteiger partial charge < -0.3 is 19.7 Å². The summed E-state index contributed by atoms with van der Waals surface area (Å²) in [6.45, 7) is 1.73. The van der Waals surface area contributed by atoms with Gasteiger partial charge >= 0.3 is 5.84 Å². The Balaban J connectivity index is 2.73. The predicted molar refractivity (Wildman–Crippen MR) is 43.4 cm³/mol. The summed E-state index contributed by atoms with van der Waals surface area (Å²) in [7, 11) is 0. The van der Waals surface area contributed by atoms with E-state index in [9.17, 15) is 10.1 Å². The number of nitro groups is 1. The first-order valence-corrected chi connectivity index (χ1v) is 3.54. The first-order chi connectivity index (χ1) is 6.13. The van der Waals surface area contributed by atoms with Crippen molar-refractivity contribution in [3.8, 4) is 0 Å². The van der Waals surface area contributed by atoms with Crippen LogP contribution in [-0.2, 0) is 6.42 Å². The molecule has 0 radical (unpaired) electrons.